The van der Waals surface area contributed by atoms with Crippen LogP contribution in [0.15, 0.2) is 12.2 Å². The number of amides is 1. The van der Waals surface area contributed by atoms with Crippen molar-refractivity contribution >= 4 is 11.7 Å². The van der Waals surface area contributed by atoms with Gasteiger partial charge < -0.3 is 5.32 Å². The molecule has 0 spiro atoms. The number of hydrogen-bond donors (Lipinski definition) is 1. The third-order valence-electron chi connectivity index (χ3n) is 4.20. The Morgan fingerprint density at radius 2 is 1.86 bits per heavy atom. The van der Waals surface area contributed by atoms with Gasteiger partial charge in [-0.2, -0.15) is 0 Å². The molecular formula is C19H29NO2. The molecule has 0 aromatic rings. The fraction of sp³-hybridized carbons (Fsp3) is 0.684. The van der Waals surface area contributed by atoms with E-state index in [1.807, 2.05) is 0 Å². The zero-order valence-electron chi connectivity index (χ0n) is 13.7. The molecule has 1 saturated carbocycles. The van der Waals surface area contributed by atoms with E-state index in [2.05, 4.69) is 17.8 Å². The predicted octanol–water partition coefficient (Wildman–Crippen LogP) is 3.92. The van der Waals surface area contributed by atoms with Gasteiger partial charge in [0.1, 0.15) is 5.78 Å². The van der Waals surface area contributed by atoms with E-state index in [0.717, 1.165) is 56.9 Å². The molecule has 0 saturated heterocycles. The Labute approximate surface area is 134 Å². The summed E-state index contributed by atoms with van der Waals surface area (Å²) in [5.41, 5.74) is 1.09. The molecule has 1 amide bonds. The minimum absolute atomic E-state index is 0.0198. The van der Waals surface area contributed by atoms with Gasteiger partial charge in [0.15, 0.2) is 0 Å². The van der Waals surface area contributed by atoms with Gasteiger partial charge in [-0.15, -0.1) is 12.3 Å². The van der Waals surface area contributed by atoms with E-state index < -0.39 is 0 Å². The van der Waals surface area contributed by atoms with Gasteiger partial charge in [-0.25, -0.2) is 0 Å². The molecule has 22 heavy (non-hydrogen) atoms. The van der Waals surface area contributed by atoms with Crippen molar-refractivity contribution in [2.24, 2.45) is 0 Å². The van der Waals surface area contributed by atoms with E-state index >= 15 is 0 Å². The molecule has 122 valence electrons. The number of nitrogens with one attached hydrogen (secondary N) is 1. The first kappa shape index (κ1) is 18.5. The Morgan fingerprint density at radius 1 is 1.18 bits per heavy atom. The Morgan fingerprint density at radius 3 is 2.50 bits per heavy atom. The topological polar surface area (TPSA) is 46.2 Å². The number of rotatable bonds is 11. The Hall–Kier alpha value is -1.56. The molecule has 1 aliphatic carbocycles. The Kier molecular flexibility index (Phi) is 9.30. The van der Waals surface area contributed by atoms with Gasteiger partial charge in [0.2, 0.25) is 5.91 Å². The standard InChI is InChI=1S/C19H29NO2/c1-3-4-5-6-7-8-9-10-13-17(21)15-19(22)20-18-14-11-12-16(18)2/h1,18H,2,4-15H2,(H,20,22). The molecule has 1 rings (SSSR count). The van der Waals surface area contributed by atoms with E-state index in [4.69, 9.17) is 6.42 Å². The molecule has 0 aromatic heterocycles. The summed E-state index contributed by atoms with van der Waals surface area (Å²) in [5.74, 6) is 2.55. The lowest BCUT2D eigenvalue weighted by Gasteiger charge is -2.13. The van der Waals surface area contributed by atoms with E-state index in [9.17, 15) is 9.59 Å². The SMILES string of the molecule is C#CCCCCCCCCC(=O)CC(=O)NC1CCCC1=C. The first-order chi connectivity index (χ1) is 10.6. The number of unbranched alkanes of at least 4 members (excludes halogenated alkanes) is 6. The number of hydrogen-bond acceptors (Lipinski definition) is 2. The van der Waals surface area contributed by atoms with E-state index in [-0.39, 0.29) is 24.2 Å². The average Bonchev–Trinajstić information content (AvgIpc) is 2.87. The lowest BCUT2D eigenvalue weighted by Crippen LogP contribution is -2.34. The number of carbonyl (C=O) groups excluding carboxylic acids is 2. The second-order valence-corrected chi connectivity index (χ2v) is 6.21. The smallest absolute Gasteiger partial charge is 0.227 e. The maximum Gasteiger partial charge on any atom is 0.227 e. The molecule has 0 aromatic carbocycles. The zero-order chi connectivity index (χ0) is 16.2. The van der Waals surface area contributed by atoms with Crippen LogP contribution in [-0.2, 0) is 9.59 Å². The molecule has 0 bridgehead atoms. The minimum Gasteiger partial charge on any atom is -0.349 e. The van der Waals surface area contributed by atoms with Gasteiger partial charge in [0.05, 0.1) is 6.42 Å². The fourth-order valence-electron chi connectivity index (χ4n) is 2.85. The maximum atomic E-state index is 11.8. The van der Waals surface area contributed by atoms with Crippen LogP contribution in [0, 0.1) is 12.3 Å². The molecule has 0 radical (unpaired) electrons. The van der Waals surface area contributed by atoms with Crippen LogP contribution < -0.4 is 5.32 Å². The number of carbonyl (C=O) groups is 2. The largest absolute Gasteiger partial charge is 0.349 e. The lowest BCUT2D eigenvalue weighted by molar-refractivity contribution is -0.128. The van der Waals surface area contributed by atoms with Crippen LogP contribution in [0.1, 0.15) is 77.0 Å². The number of Topliss-reactive ketones (excluding diaryl/α,β-unsaturated/α-hetero) is 1. The van der Waals surface area contributed by atoms with Crippen LogP contribution in [0.5, 0.6) is 0 Å². The molecule has 3 heteroatoms. The fourth-order valence-corrected chi connectivity index (χ4v) is 2.85. The van der Waals surface area contributed by atoms with Gasteiger partial charge in [0, 0.05) is 18.9 Å². The van der Waals surface area contributed by atoms with Crippen molar-refractivity contribution < 1.29 is 9.59 Å². The van der Waals surface area contributed by atoms with Crippen LogP contribution >= 0.6 is 0 Å². The summed E-state index contributed by atoms with van der Waals surface area (Å²) >= 11 is 0. The highest BCUT2D eigenvalue weighted by Crippen LogP contribution is 2.22. The van der Waals surface area contributed by atoms with Crippen LogP contribution in [0.2, 0.25) is 0 Å². The summed E-state index contributed by atoms with van der Waals surface area (Å²) in [7, 11) is 0. The summed E-state index contributed by atoms with van der Waals surface area (Å²) < 4.78 is 0. The molecule has 0 heterocycles. The summed E-state index contributed by atoms with van der Waals surface area (Å²) in [6, 6.07) is 0.0864. The van der Waals surface area contributed by atoms with Crippen LogP contribution in [-0.4, -0.2) is 17.7 Å². The zero-order valence-corrected chi connectivity index (χ0v) is 13.7. The van der Waals surface area contributed by atoms with Crippen molar-refractivity contribution in [2.45, 2.75) is 83.1 Å². The second kappa shape index (κ2) is 11.1. The van der Waals surface area contributed by atoms with Crippen molar-refractivity contribution in [3.05, 3.63) is 12.2 Å². The molecule has 1 atom stereocenters. The molecule has 1 fully saturated rings. The predicted molar refractivity (Wildman–Crippen MR) is 90.3 cm³/mol. The van der Waals surface area contributed by atoms with Crippen LogP contribution in [0.4, 0.5) is 0 Å². The van der Waals surface area contributed by atoms with Crippen molar-refractivity contribution in [1.29, 1.82) is 0 Å². The van der Waals surface area contributed by atoms with Crippen molar-refractivity contribution in [3.8, 4) is 12.3 Å². The normalized spacial score (nSPS) is 17.2. The van der Waals surface area contributed by atoms with Crippen molar-refractivity contribution in [3.63, 3.8) is 0 Å². The Bertz CT molecular complexity index is 420. The molecule has 1 aliphatic rings. The van der Waals surface area contributed by atoms with Gasteiger partial charge in [-0.05, 0) is 32.1 Å². The highest BCUT2D eigenvalue weighted by molar-refractivity contribution is 5.98. The molecule has 1 N–H and O–H groups in total. The highest BCUT2D eigenvalue weighted by Gasteiger charge is 2.21. The van der Waals surface area contributed by atoms with Gasteiger partial charge in [0.25, 0.3) is 0 Å². The quantitative estimate of drug-likeness (QED) is 0.272. The van der Waals surface area contributed by atoms with E-state index in [1.165, 1.54) is 12.8 Å². The summed E-state index contributed by atoms with van der Waals surface area (Å²) in [6.07, 6.45) is 16.2. The van der Waals surface area contributed by atoms with E-state index in [1.54, 1.807) is 0 Å². The average molecular weight is 303 g/mol. The summed E-state index contributed by atoms with van der Waals surface area (Å²) in [5, 5.41) is 2.91. The number of ketones is 1. The van der Waals surface area contributed by atoms with Crippen molar-refractivity contribution in [1.82, 2.24) is 5.32 Å². The number of terminal acetylenes is 1. The van der Waals surface area contributed by atoms with Gasteiger partial charge in [-0.3, -0.25) is 9.59 Å². The van der Waals surface area contributed by atoms with E-state index in [0.29, 0.717) is 6.42 Å². The first-order valence-electron chi connectivity index (χ1n) is 8.55. The van der Waals surface area contributed by atoms with Crippen LogP contribution in [0.3, 0.4) is 0 Å². The molecule has 3 nitrogen and oxygen atoms in total. The summed E-state index contributed by atoms with van der Waals surface area (Å²) in [6.45, 7) is 3.95. The second-order valence-electron chi connectivity index (χ2n) is 6.21. The van der Waals surface area contributed by atoms with Gasteiger partial charge in [-0.1, -0.05) is 37.8 Å². The molecule has 0 aliphatic heterocycles. The van der Waals surface area contributed by atoms with Crippen molar-refractivity contribution in [2.75, 3.05) is 0 Å². The monoisotopic (exact) mass is 303 g/mol. The third-order valence-corrected chi connectivity index (χ3v) is 4.20. The minimum atomic E-state index is -0.146. The van der Waals surface area contributed by atoms with Crippen LogP contribution in [0.25, 0.3) is 0 Å². The third kappa shape index (κ3) is 8.02. The summed E-state index contributed by atoms with van der Waals surface area (Å²) in [4.78, 5) is 23.6. The molecular weight excluding hydrogens is 274 g/mol. The molecule has 1 unspecified atom stereocenters. The first-order valence-corrected chi connectivity index (χ1v) is 8.55. The lowest BCUT2D eigenvalue weighted by atomic mass is 10.1. The Balaban J connectivity index is 2.00. The highest BCUT2D eigenvalue weighted by atomic mass is 16.2. The van der Waals surface area contributed by atoms with Gasteiger partial charge >= 0.3 is 0 Å². The maximum absolute atomic E-state index is 11.8.